The van der Waals surface area contributed by atoms with Crippen LogP contribution in [0.15, 0.2) is 24.7 Å². The first-order valence-electron chi connectivity index (χ1n) is 7.81. The number of rotatable bonds is 6. The van der Waals surface area contributed by atoms with Crippen LogP contribution < -0.4 is 5.32 Å². The average Bonchev–Trinajstić information content (AvgIpc) is 3.03. The molecule has 0 aliphatic carbocycles. The number of carbonyl (C=O) groups is 1. The number of esters is 1. The fourth-order valence-electron chi connectivity index (χ4n) is 2.29. The van der Waals surface area contributed by atoms with Crippen molar-refractivity contribution in [2.24, 2.45) is 0 Å². The van der Waals surface area contributed by atoms with Crippen molar-refractivity contribution in [3.8, 4) is 0 Å². The van der Waals surface area contributed by atoms with Gasteiger partial charge in [-0.1, -0.05) is 13.3 Å². The van der Waals surface area contributed by atoms with Crippen molar-refractivity contribution in [2.75, 3.05) is 11.9 Å². The molecule has 8 nitrogen and oxygen atoms in total. The molecule has 2 N–H and O–H groups in total. The number of fused-ring (bicyclic) bond motifs is 1. The number of aryl methyl sites for hydroxylation is 1. The third-order valence-corrected chi connectivity index (χ3v) is 3.37. The highest BCUT2D eigenvalue weighted by Crippen LogP contribution is 2.17. The summed E-state index contributed by atoms with van der Waals surface area (Å²) in [6.45, 7) is 4.11. The van der Waals surface area contributed by atoms with Gasteiger partial charge in [-0.05, 0) is 25.5 Å². The monoisotopic (exact) mass is 326 g/mol. The molecule has 0 radical (unpaired) electrons. The Bertz CT molecular complexity index is 861. The third-order valence-electron chi connectivity index (χ3n) is 3.37. The zero-order valence-corrected chi connectivity index (χ0v) is 13.5. The lowest BCUT2D eigenvalue weighted by Crippen LogP contribution is -2.12. The van der Waals surface area contributed by atoms with Gasteiger partial charge in [0.05, 0.1) is 29.7 Å². The Morgan fingerprint density at radius 3 is 2.92 bits per heavy atom. The van der Waals surface area contributed by atoms with Crippen molar-refractivity contribution in [3.63, 3.8) is 0 Å². The van der Waals surface area contributed by atoms with Crippen molar-refractivity contribution in [2.45, 2.75) is 26.7 Å². The zero-order valence-electron chi connectivity index (χ0n) is 13.5. The Balaban J connectivity index is 1.87. The summed E-state index contributed by atoms with van der Waals surface area (Å²) in [7, 11) is 0. The van der Waals surface area contributed by atoms with E-state index in [1.54, 1.807) is 13.3 Å². The van der Waals surface area contributed by atoms with Crippen molar-refractivity contribution >= 4 is 28.9 Å². The minimum Gasteiger partial charge on any atom is -0.462 e. The number of imidazole rings is 1. The zero-order chi connectivity index (χ0) is 16.9. The molecule has 0 atom stereocenters. The van der Waals surface area contributed by atoms with Gasteiger partial charge in [0.2, 0.25) is 5.95 Å². The molecular weight excluding hydrogens is 308 g/mol. The standard InChI is InChI=1S/C16H18N6O2/c1-3-5-11-10(15(23)24-4-2)8-17-16(20-11)22-13-7-6-12-14(21-13)19-9-18-12/h6-9H,3-5H2,1-2H3,(H2,17,18,19,20,21,22). The van der Waals surface area contributed by atoms with Crippen molar-refractivity contribution in [1.29, 1.82) is 0 Å². The molecule has 3 aromatic rings. The van der Waals surface area contributed by atoms with Crippen molar-refractivity contribution in [3.05, 3.63) is 35.9 Å². The molecule has 0 saturated heterocycles. The van der Waals surface area contributed by atoms with Gasteiger partial charge in [-0.25, -0.2) is 24.7 Å². The van der Waals surface area contributed by atoms with E-state index < -0.39 is 5.97 Å². The number of anilines is 2. The predicted molar refractivity (Wildman–Crippen MR) is 89.2 cm³/mol. The minimum atomic E-state index is -0.399. The molecular formula is C16H18N6O2. The lowest BCUT2D eigenvalue weighted by molar-refractivity contribution is 0.0524. The van der Waals surface area contributed by atoms with E-state index in [0.29, 0.717) is 41.7 Å². The van der Waals surface area contributed by atoms with E-state index >= 15 is 0 Å². The second kappa shape index (κ2) is 7.03. The van der Waals surface area contributed by atoms with E-state index in [1.807, 2.05) is 19.1 Å². The van der Waals surface area contributed by atoms with Gasteiger partial charge in [0.1, 0.15) is 5.82 Å². The summed E-state index contributed by atoms with van der Waals surface area (Å²) in [5.74, 6) is 0.568. The summed E-state index contributed by atoms with van der Waals surface area (Å²) in [4.78, 5) is 32.1. The van der Waals surface area contributed by atoms with Crippen molar-refractivity contribution < 1.29 is 9.53 Å². The quantitative estimate of drug-likeness (QED) is 0.671. The summed E-state index contributed by atoms with van der Waals surface area (Å²) in [5, 5.41) is 3.04. The summed E-state index contributed by atoms with van der Waals surface area (Å²) in [6.07, 6.45) is 4.61. The predicted octanol–water partition coefficient (Wildman–Crippen LogP) is 2.62. The number of aromatic nitrogens is 5. The van der Waals surface area contributed by atoms with E-state index in [2.05, 4.69) is 30.2 Å². The molecule has 0 aromatic carbocycles. The van der Waals surface area contributed by atoms with Crippen LogP contribution in [0.3, 0.4) is 0 Å². The molecule has 0 bridgehead atoms. The SMILES string of the molecule is CCCc1nc(Nc2ccc3[nH]cnc3n2)ncc1C(=O)OCC. The molecule has 0 fully saturated rings. The Hall–Kier alpha value is -3.03. The fourth-order valence-corrected chi connectivity index (χ4v) is 2.29. The Labute approximate surface area is 138 Å². The van der Waals surface area contributed by atoms with Crippen LogP contribution in [0.5, 0.6) is 0 Å². The molecule has 0 amide bonds. The van der Waals surface area contributed by atoms with Crippen LogP contribution in [0, 0.1) is 0 Å². The van der Waals surface area contributed by atoms with Crippen LogP contribution in [0.2, 0.25) is 0 Å². The first-order chi connectivity index (χ1) is 11.7. The number of pyridine rings is 1. The number of nitrogens with zero attached hydrogens (tertiary/aromatic N) is 4. The first kappa shape index (κ1) is 15.9. The van der Waals surface area contributed by atoms with Gasteiger partial charge in [-0.15, -0.1) is 0 Å². The highest BCUT2D eigenvalue weighted by atomic mass is 16.5. The molecule has 3 heterocycles. The summed E-state index contributed by atoms with van der Waals surface area (Å²) < 4.78 is 5.05. The molecule has 0 spiro atoms. The van der Waals surface area contributed by atoms with Crippen LogP contribution in [0.25, 0.3) is 11.2 Å². The lowest BCUT2D eigenvalue weighted by Gasteiger charge is -2.09. The summed E-state index contributed by atoms with van der Waals surface area (Å²) in [6, 6.07) is 3.68. The number of aromatic amines is 1. The molecule has 124 valence electrons. The maximum Gasteiger partial charge on any atom is 0.341 e. The molecule has 0 aliphatic rings. The number of hydrogen-bond acceptors (Lipinski definition) is 7. The van der Waals surface area contributed by atoms with Gasteiger partial charge in [0, 0.05) is 6.20 Å². The maximum absolute atomic E-state index is 12.0. The molecule has 3 rings (SSSR count). The van der Waals surface area contributed by atoms with Gasteiger partial charge in [-0.2, -0.15) is 0 Å². The van der Waals surface area contributed by atoms with E-state index in [1.165, 1.54) is 6.20 Å². The normalized spacial score (nSPS) is 10.8. The smallest absolute Gasteiger partial charge is 0.341 e. The average molecular weight is 326 g/mol. The Kier molecular flexibility index (Phi) is 4.64. The highest BCUT2D eigenvalue weighted by molar-refractivity contribution is 5.90. The summed E-state index contributed by atoms with van der Waals surface area (Å²) >= 11 is 0. The number of carbonyl (C=O) groups excluding carboxylic acids is 1. The van der Waals surface area contributed by atoms with Crippen LogP contribution >= 0.6 is 0 Å². The minimum absolute atomic E-state index is 0.317. The largest absolute Gasteiger partial charge is 0.462 e. The lowest BCUT2D eigenvalue weighted by atomic mass is 10.1. The van der Waals surface area contributed by atoms with Crippen LogP contribution in [-0.2, 0) is 11.2 Å². The fraction of sp³-hybridized carbons (Fsp3) is 0.312. The number of H-pyrrole nitrogens is 1. The molecule has 24 heavy (non-hydrogen) atoms. The summed E-state index contributed by atoms with van der Waals surface area (Å²) in [5.41, 5.74) is 2.52. The second-order valence-corrected chi connectivity index (χ2v) is 5.12. The van der Waals surface area contributed by atoms with E-state index in [9.17, 15) is 4.79 Å². The molecule has 0 unspecified atom stereocenters. The third kappa shape index (κ3) is 3.32. The van der Waals surface area contributed by atoms with Gasteiger partial charge >= 0.3 is 5.97 Å². The Morgan fingerprint density at radius 2 is 2.12 bits per heavy atom. The first-order valence-corrected chi connectivity index (χ1v) is 7.81. The van der Waals surface area contributed by atoms with E-state index in [0.717, 1.165) is 11.9 Å². The van der Waals surface area contributed by atoms with E-state index in [-0.39, 0.29) is 0 Å². The van der Waals surface area contributed by atoms with Crippen molar-refractivity contribution in [1.82, 2.24) is 24.9 Å². The molecule has 0 saturated carbocycles. The number of nitrogens with one attached hydrogen (secondary N) is 2. The van der Waals surface area contributed by atoms with Crippen LogP contribution in [0.4, 0.5) is 11.8 Å². The molecule has 3 aromatic heterocycles. The second-order valence-electron chi connectivity index (χ2n) is 5.12. The number of hydrogen-bond donors (Lipinski definition) is 2. The van der Waals surface area contributed by atoms with Gasteiger partial charge in [0.25, 0.3) is 0 Å². The maximum atomic E-state index is 12.0. The Morgan fingerprint density at radius 1 is 1.25 bits per heavy atom. The van der Waals surface area contributed by atoms with Crippen LogP contribution in [0.1, 0.15) is 36.3 Å². The molecule has 8 heteroatoms. The molecule has 0 aliphatic heterocycles. The van der Waals surface area contributed by atoms with Gasteiger partial charge in [0.15, 0.2) is 5.65 Å². The van der Waals surface area contributed by atoms with E-state index in [4.69, 9.17) is 4.74 Å². The van der Waals surface area contributed by atoms with Crippen LogP contribution in [-0.4, -0.2) is 37.5 Å². The van der Waals surface area contributed by atoms with Gasteiger partial charge < -0.3 is 15.0 Å². The number of ether oxygens (including phenoxy) is 1. The topological polar surface area (TPSA) is 106 Å². The highest BCUT2D eigenvalue weighted by Gasteiger charge is 2.15. The van der Waals surface area contributed by atoms with Gasteiger partial charge in [-0.3, -0.25) is 0 Å².